The van der Waals surface area contributed by atoms with E-state index in [1.807, 2.05) is 56.6 Å². The number of aliphatic hydroxyl groups is 1. The standard InChI is InChI=1S/C19H19N3O/c1-22(2)19-9-4-3-8-16(19)18-12-20-11-17(21-18)15-7-5-6-14(10-15)13-23/h3-12,23H,13H2,1-2H3. The Labute approximate surface area is 136 Å². The van der Waals surface area contributed by atoms with Crippen molar-refractivity contribution < 1.29 is 5.11 Å². The van der Waals surface area contributed by atoms with E-state index in [9.17, 15) is 5.11 Å². The lowest BCUT2D eigenvalue weighted by Gasteiger charge is -2.17. The van der Waals surface area contributed by atoms with Crippen LogP contribution >= 0.6 is 0 Å². The topological polar surface area (TPSA) is 49.2 Å². The molecule has 0 aliphatic heterocycles. The van der Waals surface area contributed by atoms with E-state index in [1.54, 1.807) is 12.4 Å². The Hall–Kier alpha value is -2.72. The number of hydrogen-bond acceptors (Lipinski definition) is 4. The van der Waals surface area contributed by atoms with Gasteiger partial charge in [0.1, 0.15) is 0 Å². The summed E-state index contributed by atoms with van der Waals surface area (Å²) in [6.45, 7) is 0.0183. The van der Waals surface area contributed by atoms with Crippen LogP contribution in [0.15, 0.2) is 60.9 Å². The minimum atomic E-state index is 0.0183. The van der Waals surface area contributed by atoms with Crippen molar-refractivity contribution in [1.82, 2.24) is 9.97 Å². The summed E-state index contributed by atoms with van der Waals surface area (Å²) < 4.78 is 0. The van der Waals surface area contributed by atoms with Gasteiger partial charge in [0, 0.05) is 30.9 Å². The van der Waals surface area contributed by atoms with Gasteiger partial charge in [0.05, 0.1) is 30.4 Å². The fourth-order valence-electron chi connectivity index (χ4n) is 2.54. The highest BCUT2D eigenvalue weighted by atomic mass is 16.3. The van der Waals surface area contributed by atoms with Gasteiger partial charge >= 0.3 is 0 Å². The number of anilines is 1. The molecule has 0 atom stereocenters. The predicted octanol–water partition coefficient (Wildman–Crippen LogP) is 3.37. The zero-order valence-electron chi connectivity index (χ0n) is 13.3. The van der Waals surface area contributed by atoms with E-state index in [1.165, 1.54) is 0 Å². The molecule has 0 bridgehead atoms. The summed E-state index contributed by atoms with van der Waals surface area (Å²) in [5, 5.41) is 9.30. The van der Waals surface area contributed by atoms with E-state index in [4.69, 9.17) is 4.98 Å². The van der Waals surface area contributed by atoms with Crippen LogP contribution in [0.2, 0.25) is 0 Å². The predicted molar refractivity (Wildman–Crippen MR) is 93.2 cm³/mol. The van der Waals surface area contributed by atoms with Gasteiger partial charge in [0.15, 0.2) is 0 Å². The average molecular weight is 305 g/mol. The third-order valence-corrected chi connectivity index (χ3v) is 3.70. The van der Waals surface area contributed by atoms with E-state index in [0.29, 0.717) is 0 Å². The van der Waals surface area contributed by atoms with Gasteiger partial charge in [-0.3, -0.25) is 4.98 Å². The summed E-state index contributed by atoms with van der Waals surface area (Å²) in [5.41, 5.74) is 5.59. The zero-order chi connectivity index (χ0) is 16.2. The van der Waals surface area contributed by atoms with Gasteiger partial charge in [0.25, 0.3) is 0 Å². The van der Waals surface area contributed by atoms with E-state index in [-0.39, 0.29) is 6.61 Å². The molecule has 0 aliphatic carbocycles. The number of hydrogen-bond donors (Lipinski definition) is 1. The van der Waals surface area contributed by atoms with Crippen molar-refractivity contribution in [3.63, 3.8) is 0 Å². The Morgan fingerprint density at radius 1 is 0.957 bits per heavy atom. The van der Waals surface area contributed by atoms with E-state index >= 15 is 0 Å². The largest absolute Gasteiger partial charge is 0.392 e. The van der Waals surface area contributed by atoms with Gasteiger partial charge in [-0.1, -0.05) is 36.4 Å². The minimum Gasteiger partial charge on any atom is -0.392 e. The molecule has 3 rings (SSSR count). The molecule has 1 aromatic heterocycles. The lowest BCUT2D eigenvalue weighted by Crippen LogP contribution is -2.10. The van der Waals surface area contributed by atoms with Crippen LogP contribution in [0.1, 0.15) is 5.56 Å². The maximum Gasteiger partial charge on any atom is 0.0913 e. The Morgan fingerprint density at radius 3 is 2.52 bits per heavy atom. The Morgan fingerprint density at radius 2 is 1.74 bits per heavy atom. The highest BCUT2D eigenvalue weighted by molar-refractivity contribution is 5.76. The quantitative estimate of drug-likeness (QED) is 0.803. The normalized spacial score (nSPS) is 10.6. The molecule has 1 N–H and O–H groups in total. The van der Waals surface area contributed by atoms with Crippen molar-refractivity contribution in [2.45, 2.75) is 6.61 Å². The van der Waals surface area contributed by atoms with Crippen molar-refractivity contribution >= 4 is 5.69 Å². The molecule has 0 amide bonds. The van der Waals surface area contributed by atoms with E-state index in [0.717, 1.165) is 33.8 Å². The molecule has 1 heterocycles. The van der Waals surface area contributed by atoms with Crippen LogP contribution in [0.5, 0.6) is 0 Å². The fraction of sp³-hybridized carbons (Fsp3) is 0.158. The van der Waals surface area contributed by atoms with Crippen molar-refractivity contribution in [2.75, 3.05) is 19.0 Å². The molecule has 2 aromatic carbocycles. The molecule has 4 nitrogen and oxygen atoms in total. The highest BCUT2D eigenvalue weighted by Gasteiger charge is 2.09. The first-order chi connectivity index (χ1) is 11.2. The third-order valence-electron chi connectivity index (χ3n) is 3.70. The van der Waals surface area contributed by atoms with Crippen LogP contribution in [-0.2, 0) is 6.61 Å². The summed E-state index contributed by atoms with van der Waals surface area (Å²) >= 11 is 0. The van der Waals surface area contributed by atoms with Crippen LogP contribution in [-0.4, -0.2) is 29.2 Å². The lowest BCUT2D eigenvalue weighted by atomic mass is 10.1. The summed E-state index contributed by atoms with van der Waals surface area (Å²) in [6, 6.07) is 15.9. The number of benzene rings is 2. The molecular weight excluding hydrogens is 286 g/mol. The molecule has 0 aliphatic rings. The molecule has 23 heavy (non-hydrogen) atoms. The number of para-hydroxylation sites is 1. The zero-order valence-corrected chi connectivity index (χ0v) is 13.3. The number of rotatable bonds is 4. The summed E-state index contributed by atoms with van der Waals surface area (Å²) in [5.74, 6) is 0. The van der Waals surface area contributed by atoms with Crippen molar-refractivity contribution in [3.8, 4) is 22.5 Å². The molecule has 0 unspecified atom stereocenters. The monoisotopic (exact) mass is 305 g/mol. The molecule has 0 saturated carbocycles. The number of aromatic nitrogens is 2. The maximum absolute atomic E-state index is 9.30. The Kier molecular flexibility index (Phi) is 4.35. The smallest absolute Gasteiger partial charge is 0.0913 e. The van der Waals surface area contributed by atoms with Crippen molar-refractivity contribution in [1.29, 1.82) is 0 Å². The summed E-state index contributed by atoms with van der Waals surface area (Å²) in [4.78, 5) is 11.2. The van der Waals surface area contributed by atoms with Gasteiger partial charge in [-0.15, -0.1) is 0 Å². The highest BCUT2D eigenvalue weighted by Crippen LogP contribution is 2.29. The minimum absolute atomic E-state index is 0.0183. The molecule has 116 valence electrons. The van der Waals surface area contributed by atoms with Crippen molar-refractivity contribution in [2.24, 2.45) is 0 Å². The van der Waals surface area contributed by atoms with E-state index in [2.05, 4.69) is 16.0 Å². The van der Waals surface area contributed by atoms with E-state index < -0.39 is 0 Å². The van der Waals surface area contributed by atoms with Crippen LogP contribution in [0, 0.1) is 0 Å². The second-order valence-corrected chi connectivity index (χ2v) is 5.56. The van der Waals surface area contributed by atoms with Gasteiger partial charge in [0.2, 0.25) is 0 Å². The van der Waals surface area contributed by atoms with Gasteiger partial charge in [-0.25, -0.2) is 4.98 Å². The first-order valence-corrected chi connectivity index (χ1v) is 7.48. The molecule has 0 spiro atoms. The molecular formula is C19H19N3O. The molecule has 3 aromatic rings. The van der Waals surface area contributed by atoms with Crippen molar-refractivity contribution in [3.05, 3.63) is 66.5 Å². The number of nitrogens with zero attached hydrogens (tertiary/aromatic N) is 3. The molecule has 4 heteroatoms. The SMILES string of the molecule is CN(C)c1ccccc1-c1cncc(-c2cccc(CO)c2)n1. The fourth-order valence-corrected chi connectivity index (χ4v) is 2.54. The van der Waals surface area contributed by atoms with Crippen LogP contribution < -0.4 is 4.90 Å². The first-order valence-electron chi connectivity index (χ1n) is 7.48. The average Bonchev–Trinajstić information content (AvgIpc) is 2.62. The molecule has 0 radical (unpaired) electrons. The van der Waals surface area contributed by atoms with Crippen LogP contribution in [0.4, 0.5) is 5.69 Å². The maximum atomic E-state index is 9.30. The Bertz CT molecular complexity index is 815. The summed E-state index contributed by atoms with van der Waals surface area (Å²) in [7, 11) is 4.03. The second kappa shape index (κ2) is 6.58. The van der Waals surface area contributed by atoms with Gasteiger partial charge in [-0.2, -0.15) is 0 Å². The third kappa shape index (κ3) is 3.22. The van der Waals surface area contributed by atoms with Crippen LogP contribution in [0.25, 0.3) is 22.5 Å². The molecule has 0 saturated heterocycles. The Balaban J connectivity index is 2.07. The van der Waals surface area contributed by atoms with Crippen LogP contribution in [0.3, 0.4) is 0 Å². The first kappa shape index (κ1) is 15.2. The number of aliphatic hydroxyl groups excluding tert-OH is 1. The second-order valence-electron chi connectivity index (χ2n) is 5.56. The van der Waals surface area contributed by atoms with Gasteiger partial charge in [-0.05, 0) is 17.7 Å². The lowest BCUT2D eigenvalue weighted by molar-refractivity contribution is 0.282. The molecule has 0 fully saturated rings. The summed E-state index contributed by atoms with van der Waals surface area (Å²) in [6.07, 6.45) is 3.53. The van der Waals surface area contributed by atoms with Gasteiger partial charge < -0.3 is 10.0 Å².